The molecule has 0 aliphatic rings. The predicted octanol–water partition coefficient (Wildman–Crippen LogP) is 5.75. The Morgan fingerprint density at radius 1 is 0.576 bits per heavy atom. The Hall–Kier alpha value is -3.39. The van der Waals surface area contributed by atoms with Gasteiger partial charge in [0.05, 0.1) is 0 Å². The molecule has 5 rings (SSSR count). The average molecular weight is 465 g/mol. The maximum Gasteiger partial charge on any atom is 0.250 e. The number of oxazole rings is 1. The van der Waals surface area contributed by atoms with Gasteiger partial charge in [-0.25, -0.2) is 0 Å². The van der Waals surface area contributed by atoms with Crippen LogP contribution in [0.4, 0.5) is 0 Å². The number of benzene rings is 4. The van der Waals surface area contributed by atoms with Crippen molar-refractivity contribution in [2.45, 2.75) is 5.09 Å². The zero-order valence-electron chi connectivity index (χ0n) is 18.0. The molecule has 0 fully saturated rings. The summed E-state index contributed by atoms with van der Waals surface area (Å²) in [5, 5.41) is 4.19. The highest BCUT2D eigenvalue weighted by atomic mass is 32.1. The van der Waals surface area contributed by atoms with Gasteiger partial charge in [0, 0.05) is 6.08 Å². The molecule has 1 aromatic heterocycles. The molecule has 0 saturated heterocycles. The van der Waals surface area contributed by atoms with Gasteiger partial charge in [-0.3, -0.25) is 0 Å². The molecular weight excluding hydrogens is 441 g/mol. The summed E-state index contributed by atoms with van der Waals surface area (Å²) in [5.41, 5.74) is 1.97. The second kappa shape index (κ2) is 9.62. The summed E-state index contributed by atoms with van der Waals surface area (Å²) in [4.78, 5) is 5.05. The second-order valence-electron chi connectivity index (χ2n) is 7.60. The second-order valence-corrected chi connectivity index (χ2v) is 11.3. The first kappa shape index (κ1) is 21.5. The summed E-state index contributed by atoms with van der Waals surface area (Å²) < 4.78 is 6.10. The van der Waals surface area contributed by atoms with E-state index < -0.39 is 7.26 Å². The number of rotatable bonds is 6. The number of aromatic nitrogens is 1. The molecule has 33 heavy (non-hydrogen) atoms. The SMILES string of the molecule is Sc1oc(/C=C/c2ccccc2)nc1[P+](c1ccccc1)(c1ccccc1)c1ccccc1. The molecule has 160 valence electrons. The van der Waals surface area contributed by atoms with Crippen LogP contribution in [-0.4, -0.2) is 4.98 Å². The van der Waals surface area contributed by atoms with Crippen molar-refractivity contribution in [3.05, 3.63) is 133 Å². The van der Waals surface area contributed by atoms with Crippen LogP contribution in [0, 0.1) is 0 Å². The van der Waals surface area contributed by atoms with Crippen LogP contribution in [0.25, 0.3) is 12.2 Å². The topological polar surface area (TPSA) is 26.0 Å². The Morgan fingerprint density at radius 2 is 1.00 bits per heavy atom. The number of nitrogens with zero attached hydrogens (tertiary/aromatic N) is 1. The third-order valence-electron chi connectivity index (χ3n) is 5.57. The van der Waals surface area contributed by atoms with Crippen LogP contribution >= 0.6 is 19.9 Å². The maximum atomic E-state index is 6.10. The molecule has 0 unspecified atom stereocenters. The number of hydrogen-bond acceptors (Lipinski definition) is 3. The van der Waals surface area contributed by atoms with Gasteiger partial charge in [-0.1, -0.05) is 97.6 Å². The zero-order valence-corrected chi connectivity index (χ0v) is 19.7. The molecule has 0 atom stereocenters. The maximum absolute atomic E-state index is 6.10. The summed E-state index contributed by atoms with van der Waals surface area (Å²) in [5.74, 6) is 0.547. The van der Waals surface area contributed by atoms with E-state index >= 15 is 0 Å². The fourth-order valence-electron chi connectivity index (χ4n) is 4.11. The Labute approximate surface area is 200 Å². The standard InChI is InChI=1S/C29H22NOPS/c33-29-28(30-27(31-29)22-21-23-13-5-1-6-14-23)32(24-15-7-2-8-16-24,25-17-9-3-10-18-25)26-19-11-4-12-20-26/h1-22H/p+1/b22-21+. The molecule has 0 saturated carbocycles. The highest BCUT2D eigenvalue weighted by molar-refractivity contribution is 8.02. The van der Waals surface area contributed by atoms with Crippen LogP contribution in [0.2, 0.25) is 0 Å². The molecule has 2 nitrogen and oxygen atoms in total. The van der Waals surface area contributed by atoms with Gasteiger partial charge >= 0.3 is 0 Å². The summed E-state index contributed by atoms with van der Waals surface area (Å²) in [6.45, 7) is 0. The van der Waals surface area contributed by atoms with Gasteiger partial charge in [-0.2, -0.15) is 4.98 Å². The first-order valence-electron chi connectivity index (χ1n) is 10.8. The van der Waals surface area contributed by atoms with Crippen molar-refractivity contribution in [2.24, 2.45) is 0 Å². The Morgan fingerprint density at radius 3 is 1.45 bits per heavy atom. The van der Waals surface area contributed by atoms with E-state index in [1.54, 1.807) is 0 Å². The van der Waals surface area contributed by atoms with Crippen molar-refractivity contribution in [2.75, 3.05) is 0 Å². The largest absolute Gasteiger partial charge is 0.426 e. The molecule has 0 aliphatic heterocycles. The lowest BCUT2D eigenvalue weighted by molar-refractivity contribution is 0.465. The van der Waals surface area contributed by atoms with Gasteiger partial charge in [-0.05, 0) is 48.0 Å². The van der Waals surface area contributed by atoms with Gasteiger partial charge in [0.25, 0.3) is 5.44 Å². The van der Waals surface area contributed by atoms with Gasteiger partial charge in [0.2, 0.25) is 11.0 Å². The minimum absolute atomic E-state index is 0.547. The molecule has 4 aromatic carbocycles. The van der Waals surface area contributed by atoms with Crippen molar-refractivity contribution in [1.29, 1.82) is 0 Å². The molecule has 4 heteroatoms. The minimum atomic E-state index is -2.33. The lowest BCUT2D eigenvalue weighted by atomic mass is 10.2. The van der Waals surface area contributed by atoms with Crippen molar-refractivity contribution in [1.82, 2.24) is 4.98 Å². The lowest BCUT2D eigenvalue weighted by Crippen LogP contribution is -2.39. The lowest BCUT2D eigenvalue weighted by Gasteiger charge is -2.25. The van der Waals surface area contributed by atoms with E-state index in [0.717, 1.165) is 11.0 Å². The van der Waals surface area contributed by atoms with E-state index in [0.29, 0.717) is 11.0 Å². The van der Waals surface area contributed by atoms with Crippen molar-refractivity contribution in [3.8, 4) is 0 Å². The fourth-order valence-corrected chi connectivity index (χ4v) is 8.77. The summed E-state index contributed by atoms with van der Waals surface area (Å²) in [6, 6.07) is 41.9. The summed E-state index contributed by atoms with van der Waals surface area (Å²) >= 11 is 4.81. The van der Waals surface area contributed by atoms with Gasteiger partial charge in [-0.15, -0.1) is 0 Å². The molecule has 0 radical (unpaired) electrons. The monoisotopic (exact) mass is 464 g/mol. The van der Waals surface area contributed by atoms with Crippen LogP contribution in [0.1, 0.15) is 11.5 Å². The first-order valence-corrected chi connectivity index (χ1v) is 13.0. The first-order chi connectivity index (χ1) is 16.3. The van der Waals surface area contributed by atoms with Crippen molar-refractivity contribution >= 4 is 53.4 Å². The van der Waals surface area contributed by atoms with E-state index in [2.05, 4.69) is 84.9 Å². The quantitative estimate of drug-likeness (QED) is 0.256. The Bertz CT molecular complexity index is 1250. The van der Waals surface area contributed by atoms with Crippen LogP contribution in [-0.2, 0) is 0 Å². The summed E-state index contributed by atoms with van der Waals surface area (Å²) in [6.07, 6.45) is 3.92. The Kier molecular flexibility index (Phi) is 6.26. The van der Waals surface area contributed by atoms with Gasteiger partial charge in [0.1, 0.15) is 15.9 Å². The van der Waals surface area contributed by atoms with Gasteiger partial charge in [0.15, 0.2) is 7.26 Å². The van der Waals surface area contributed by atoms with E-state index in [9.17, 15) is 0 Å². The summed E-state index contributed by atoms with van der Waals surface area (Å²) in [7, 11) is -2.33. The van der Waals surface area contributed by atoms with Crippen LogP contribution < -0.4 is 21.3 Å². The zero-order chi connectivity index (χ0) is 22.5. The predicted molar refractivity (Wildman–Crippen MR) is 144 cm³/mol. The van der Waals surface area contributed by atoms with E-state index in [1.165, 1.54) is 15.9 Å². The molecule has 0 amide bonds. The molecule has 0 N–H and O–H groups in total. The van der Waals surface area contributed by atoms with Crippen LogP contribution in [0.15, 0.2) is 131 Å². The van der Waals surface area contributed by atoms with Crippen LogP contribution in [0.3, 0.4) is 0 Å². The van der Waals surface area contributed by atoms with Crippen LogP contribution in [0.5, 0.6) is 0 Å². The average Bonchev–Trinajstić information content (AvgIpc) is 3.26. The third-order valence-corrected chi connectivity index (χ3v) is 10.2. The minimum Gasteiger partial charge on any atom is -0.426 e. The van der Waals surface area contributed by atoms with E-state index in [-0.39, 0.29) is 0 Å². The smallest absolute Gasteiger partial charge is 0.250 e. The highest BCUT2D eigenvalue weighted by Gasteiger charge is 2.52. The number of hydrogen-bond donors (Lipinski definition) is 1. The number of thiol groups is 1. The van der Waals surface area contributed by atoms with E-state index in [1.807, 2.05) is 48.6 Å². The molecule has 0 spiro atoms. The van der Waals surface area contributed by atoms with Crippen molar-refractivity contribution in [3.63, 3.8) is 0 Å². The fraction of sp³-hybridized carbons (Fsp3) is 0. The molecular formula is C29H23NOPS+. The third kappa shape index (κ3) is 4.18. The molecule has 0 aliphatic carbocycles. The molecule has 5 aromatic rings. The normalized spacial score (nSPS) is 11.7. The van der Waals surface area contributed by atoms with Gasteiger partial charge < -0.3 is 4.42 Å². The highest BCUT2D eigenvalue weighted by Crippen LogP contribution is 2.55. The molecule has 0 bridgehead atoms. The Balaban J connectivity index is 1.75. The molecule has 1 heterocycles. The van der Waals surface area contributed by atoms with E-state index in [4.69, 9.17) is 22.0 Å². The van der Waals surface area contributed by atoms with Crippen molar-refractivity contribution < 1.29 is 4.42 Å².